The molecule has 0 radical (unpaired) electrons. The monoisotopic (exact) mass is 530 g/mol. The van der Waals surface area contributed by atoms with Crippen LogP contribution in [-0.4, -0.2) is 45.9 Å². The van der Waals surface area contributed by atoms with E-state index in [0.29, 0.717) is 28.9 Å². The zero-order chi connectivity index (χ0) is 27.6. The Hall–Kier alpha value is -5.44. The molecule has 9 nitrogen and oxygen atoms in total. The van der Waals surface area contributed by atoms with Crippen molar-refractivity contribution in [2.75, 3.05) is 27.1 Å². The van der Waals surface area contributed by atoms with E-state index in [1.54, 1.807) is 32.0 Å². The molecule has 0 aliphatic rings. The minimum absolute atomic E-state index is 0.302. The van der Waals surface area contributed by atoms with Crippen molar-refractivity contribution in [1.29, 1.82) is 0 Å². The molecule has 3 aromatic heterocycles. The Kier molecular flexibility index (Phi) is 6.45. The summed E-state index contributed by atoms with van der Waals surface area (Å²) in [5.74, 6) is 1.55. The average molecular weight is 531 g/mol. The van der Waals surface area contributed by atoms with Crippen LogP contribution in [0.1, 0.15) is 0 Å². The number of rotatable bonds is 7. The lowest BCUT2D eigenvalue weighted by atomic mass is 9.99. The normalized spacial score (nSPS) is 11.0. The highest BCUT2D eigenvalue weighted by Crippen LogP contribution is 2.41. The fraction of sp³-hybridized carbons (Fsp3) is 0.0968. The van der Waals surface area contributed by atoms with Gasteiger partial charge in [0.05, 0.1) is 38.2 Å². The maximum absolute atomic E-state index is 6.60. The van der Waals surface area contributed by atoms with E-state index in [-0.39, 0.29) is 0 Å². The first kappa shape index (κ1) is 24.9. The first-order chi connectivity index (χ1) is 19.6. The van der Waals surface area contributed by atoms with E-state index < -0.39 is 0 Å². The SMILES string of the molecule is COc1ccc(-c2c(N)nc3c(-c4ccccc4)c(-c4cccc(-c5ccnc(OC)n5)c4)nn3c2OC)cc1. The number of methoxy groups -OCH3 is 3. The van der Waals surface area contributed by atoms with Crippen LogP contribution in [0, 0.1) is 0 Å². The van der Waals surface area contributed by atoms with E-state index >= 15 is 0 Å². The van der Waals surface area contributed by atoms with Crippen LogP contribution < -0.4 is 19.9 Å². The molecule has 40 heavy (non-hydrogen) atoms. The van der Waals surface area contributed by atoms with Gasteiger partial charge in [0.1, 0.15) is 17.3 Å². The van der Waals surface area contributed by atoms with Crippen LogP contribution in [0.4, 0.5) is 5.82 Å². The first-order valence-electron chi connectivity index (χ1n) is 12.5. The lowest BCUT2D eigenvalue weighted by Crippen LogP contribution is -2.05. The lowest BCUT2D eigenvalue weighted by molar-refractivity contribution is 0.380. The van der Waals surface area contributed by atoms with Gasteiger partial charge < -0.3 is 19.9 Å². The second-order valence-corrected chi connectivity index (χ2v) is 8.94. The van der Waals surface area contributed by atoms with Crippen molar-refractivity contribution in [1.82, 2.24) is 24.6 Å². The predicted octanol–water partition coefficient (Wildman–Crippen LogP) is 5.80. The molecule has 0 spiro atoms. The summed E-state index contributed by atoms with van der Waals surface area (Å²) < 4.78 is 18.2. The van der Waals surface area contributed by atoms with Crippen molar-refractivity contribution in [3.8, 4) is 62.4 Å². The van der Waals surface area contributed by atoms with Crippen molar-refractivity contribution in [2.24, 2.45) is 0 Å². The van der Waals surface area contributed by atoms with E-state index in [0.717, 1.165) is 45.0 Å². The number of nitrogens with zero attached hydrogens (tertiary/aromatic N) is 5. The summed E-state index contributed by atoms with van der Waals surface area (Å²) in [4.78, 5) is 13.5. The second kappa shape index (κ2) is 10.4. The number of benzene rings is 3. The highest BCUT2D eigenvalue weighted by atomic mass is 16.5. The Balaban J connectivity index is 1.60. The van der Waals surface area contributed by atoms with Crippen molar-refractivity contribution < 1.29 is 14.2 Å². The minimum Gasteiger partial charge on any atom is -0.497 e. The molecule has 9 heteroatoms. The van der Waals surface area contributed by atoms with Crippen LogP contribution in [0.15, 0.2) is 91.1 Å². The van der Waals surface area contributed by atoms with E-state index in [9.17, 15) is 0 Å². The lowest BCUT2D eigenvalue weighted by Gasteiger charge is -2.13. The fourth-order valence-electron chi connectivity index (χ4n) is 4.76. The Morgan fingerprint density at radius 3 is 2.12 bits per heavy atom. The molecule has 3 aromatic carbocycles. The van der Waals surface area contributed by atoms with Crippen LogP contribution in [0.3, 0.4) is 0 Å². The zero-order valence-corrected chi connectivity index (χ0v) is 22.2. The fourth-order valence-corrected chi connectivity index (χ4v) is 4.76. The van der Waals surface area contributed by atoms with Crippen LogP contribution in [0.2, 0.25) is 0 Å². The second-order valence-electron chi connectivity index (χ2n) is 8.94. The molecule has 3 heterocycles. The molecule has 0 atom stereocenters. The highest BCUT2D eigenvalue weighted by Gasteiger charge is 2.24. The van der Waals surface area contributed by atoms with Gasteiger partial charge in [0.15, 0.2) is 5.65 Å². The molecule has 0 aliphatic heterocycles. The van der Waals surface area contributed by atoms with Gasteiger partial charge in [-0.05, 0) is 35.4 Å². The molecule has 0 aliphatic carbocycles. The molecule has 0 amide bonds. The Morgan fingerprint density at radius 1 is 0.675 bits per heavy atom. The predicted molar refractivity (Wildman–Crippen MR) is 154 cm³/mol. The maximum atomic E-state index is 6.60. The molecule has 6 aromatic rings. The van der Waals surface area contributed by atoms with Crippen molar-refractivity contribution in [3.63, 3.8) is 0 Å². The number of fused-ring (bicyclic) bond motifs is 1. The molecule has 2 N–H and O–H groups in total. The Bertz CT molecular complexity index is 1820. The van der Waals surface area contributed by atoms with E-state index in [2.05, 4.69) is 9.97 Å². The Morgan fingerprint density at radius 2 is 1.40 bits per heavy atom. The van der Waals surface area contributed by atoms with E-state index in [1.165, 1.54) is 0 Å². The summed E-state index contributed by atoms with van der Waals surface area (Å²) in [5, 5.41) is 5.05. The van der Waals surface area contributed by atoms with Gasteiger partial charge in [-0.1, -0.05) is 60.7 Å². The van der Waals surface area contributed by atoms with Crippen molar-refractivity contribution in [2.45, 2.75) is 0 Å². The maximum Gasteiger partial charge on any atom is 0.316 e. The third-order valence-corrected chi connectivity index (χ3v) is 6.63. The summed E-state index contributed by atoms with van der Waals surface area (Å²) in [6, 6.07) is 27.7. The van der Waals surface area contributed by atoms with Gasteiger partial charge in [-0.2, -0.15) is 14.6 Å². The summed E-state index contributed by atoms with van der Waals surface area (Å²) in [7, 11) is 4.78. The molecule has 6 rings (SSSR count). The standard InChI is InChI=1S/C31H26N6O3/c1-38-23-14-12-20(13-15-23)26-28(32)35-29-25(19-8-5-4-6-9-19)27(36-37(29)30(26)39-2)22-11-7-10-21(18-22)24-16-17-33-31(34-24)40-3/h4-18H,1-3H3,(H2,32,35). The zero-order valence-electron chi connectivity index (χ0n) is 22.2. The molecule has 0 saturated carbocycles. The molecule has 0 unspecified atom stereocenters. The summed E-state index contributed by atoms with van der Waals surface area (Å²) >= 11 is 0. The number of nitrogen functional groups attached to an aromatic ring is 1. The van der Waals surface area contributed by atoms with Gasteiger partial charge in [0.2, 0.25) is 5.88 Å². The van der Waals surface area contributed by atoms with Gasteiger partial charge in [0, 0.05) is 17.3 Å². The van der Waals surface area contributed by atoms with Crippen molar-refractivity contribution in [3.05, 3.63) is 91.1 Å². The molecule has 0 fully saturated rings. The van der Waals surface area contributed by atoms with E-state index in [4.69, 9.17) is 30.0 Å². The van der Waals surface area contributed by atoms with Gasteiger partial charge in [-0.3, -0.25) is 0 Å². The molecular formula is C31H26N6O3. The number of nitrogens with two attached hydrogens (primary N) is 1. The quantitative estimate of drug-likeness (QED) is 0.276. The molecular weight excluding hydrogens is 504 g/mol. The first-order valence-corrected chi connectivity index (χ1v) is 12.5. The topological polar surface area (TPSA) is 110 Å². The summed E-state index contributed by atoms with van der Waals surface area (Å²) in [6.07, 6.45) is 1.67. The van der Waals surface area contributed by atoms with E-state index in [1.807, 2.05) is 84.9 Å². The van der Waals surface area contributed by atoms with Gasteiger partial charge in [-0.15, -0.1) is 0 Å². The number of hydrogen-bond donors (Lipinski definition) is 1. The van der Waals surface area contributed by atoms with Gasteiger partial charge in [-0.25, -0.2) is 9.97 Å². The third-order valence-electron chi connectivity index (χ3n) is 6.63. The number of aromatic nitrogens is 5. The molecule has 0 saturated heterocycles. The smallest absolute Gasteiger partial charge is 0.316 e. The number of hydrogen-bond acceptors (Lipinski definition) is 8. The summed E-state index contributed by atoms with van der Waals surface area (Å²) in [6.45, 7) is 0. The third kappa shape index (κ3) is 4.33. The summed E-state index contributed by atoms with van der Waals surface area (Å²) in [5.41, 5.74) is 13.7. The van der Waals surface area contributed by atoms with Crippen LogP contribution in [0.25, 0.3) is 50.4 Å². The van der Waals surface area contributed by atoms with Crippen LogP contribution in [-0.2, 0) is 0 Å². The largest absolute Gasteiger partial charge is 0.497 e. The number of anilines is 1. The highest BCUT2D eigenvalue weighted by molar-refractivity contribution is 5.93. The van der Waals surface area contributed by atoms with Crippen molar-refractivity contribution >= 4 is 11.5 Å². The number of ether oxygens (including phenoxy) is 3. The Labute approximate surface area is 230 Å². The average Bonchev–Trinajstić information content (AvgIpc) is 3.40. The van der Waals surface area contributed by atoms with Crippen LogP contribution >= 0.6 is 0 Å². The minimum atomic E-state index is 0.302. The molecule has 0 bridgehead atoms. The molecule has 198 valence electrons. The van der Waals surface area contributed by atoms with Gasteiger partial charge in [0.25, 0.3) is 0 Å². The van der Waals surface area contributed by atoms with Crippen LogP contribution in [0.5, 0.6) is 17.6 Å². The van der Waals surface area contributed by atoms with Gasteiger partial charge >= 0.3 is 6.01 Å².